The average molecular weight is 252 g/mol. The van der Waals surface area contributed by atoms with Crippen molar-refractivity contribution < 1.29 is 9.13 Å². The summed E-state index contributed by atoms with van der Waals surface area (Å²) in [5, 5.41) is 0. The van der Waals surface area contributed by atoms with E-state index < -0.39 is 0 Å². The van der Waals surface area contributed by atoms with Gasteiger partial charge < -0.3 is 15.4 Å². The molecule has 0 amide bonds. The van der Waals surface area contributed by atoms with E-state index in [-0.39, 0.29) is 5.82 Å². The molecule has 2 rings (SSSR count). The molecule has 2 unspecified atom stereocenters. The number of piperidine rings is 1. The summed E-state index contributed by atoms with van der Waals surface area (Å²) in [7, 11) is 1.55. The molecule has 1 saturated heterocycles. The van der Waals surface area contributed by atoms with Gasteiger partial charge in [0, 0.05) is 25.2 Å². The molecule has 2 N–H and O–H groups in total. The van der Waals surface area contributed by atoms with Gasteiger partial charge in [0.2, 0.25) is 0 Å². The van der Waals surface area contributed by atoms with Gasteiger partial charge in [0.25, 0.3) is 0 Å². The molecule has 1 aromatic rings. The molecule has 18 heavy (non-hydrogen) atoms. The van der Waals surface area contributed by atoms with Gasteiger partial charge in [0.1, 0.15) is 11.6 Å². The van der Waals surface area contributed by atoms with Crippen LogP contribution in [0.25, 0.3) is 0 Å². The molecule has 0 saturated carbocycles. The average Bonchev–Trinajstić information content (AvgIpc) is 2.27. The second-order valence-corrected chi connectivity index (χ2v) is 5.40. The first-order chi connectivity index (χ1) is 8.51. The molecule has 2 atom stereocenters. The largest absolute Gasteiger partial charge is 0.495 e. The Kier molecular flexibility index (Phi) is 3.64. The van der Waals surface area contributed by atoms with Gasteiger partial charge in [-0.1, -0.05) is 13.8 Å². The SMILES string of the molecule is COc1cc(N2CC(C)CC(C)C2)c(F)cc1N. The van der Waals surface area contributed by atoms with Crippen LogP contribution in [-0.4, -0.2) is 20.2 Å². The molecule has 0 spiro atoms. The Morgan fingerprint density at radius 2 is 1.89 bits per heavy atom. The Bertz CT molecular complexity index is 426. The van der Waals surface area contributed by atoms with Crippen molar-refractivity contribution in [1.82, 2.24) is 0 Å². The van der Waals surface area contributed by atoms with Gasteiger partial charge in [-0.3, -0.25) is 0 Å². The molecule has 0 bridgehead atoms. The van der Waals surface area contributed by atoms with E-state index in [1.807, 2.05) is 0 Å². The van der Waals surface area contributed by atoms with Gasteiger partial charge >= 0.3 is 0 Å². The summed E-state index contributed by atoms with van der Waals surface area (Å²) in [6.45, 7) is 6.17. The lowest BCUT2D eigenvalue weighted by atomic mass is 9.91. The zero-order valence-corrected chi connectivity index (χ0v) is 11.2. The number of nitrogens with two attached hydrogens (primary N) is 1. The lowest BCUT2D eigenvalue weighted by Crippen LogP contribution is -2.39. The summed E-state index contributed by atoms with van der Waals surface area (Å²) in [6.07, 6.45) is 1.20. The molecular weight excluding hydrogens is 231 g/mol. The number of ether oxygens (including phenoxy) is 1. The third-order valence-electron chi connectivity index (χ3n) is 3.51. The highest BCUT2D eigenvalue weighted by atomic mass is 19.1. The van der Waals surface area contributed by atoms with Crippen LogP contribution in [0.4, 0.5) is 15.8 Å². The van der Waals surface area contributed by atoms with Crippen LogP contribution >= 0.6 is 0 Å². The number of anilines is 2. The second-order valence-electron chi connectivity index (χ2n) is 5.40. The van der Waals surface area contributed by atoms with Gasteiger partial charge in [0.15, 0.2) is 0 Å². The van der Waals surface area contributed by atoms with Crippen LogP contribution in [0, 0.1) is 17.7 Å². The van der Waals surface area contributed by atoms with Crippen LogP contribution < -0.4 is 15.4 Å². The minimum Gasteiger partial charge on any atom is -0.495 e. The highest BCUT2D eigenvalue weighted by Crippen LogP contribution is 2.33. The number of methoxy groups -OCH3 is 1. The minimum atomic E-state index is -0.269. The molecule has 1 aliphatic heterocycles. The fourth-order valence-corrected chi connectivity index (χ4v) is 2.84. The Balaban J connectivity index is 2.32. The van der Waals surface area contributed by atoms with E-state index in [1.165, 1.54) is 12.5 Å². The number of rotatable bonds is 2. The molecule has 1 fully saturated rings. The third-order valence-corrected chi connectivity index (χ3v) is 3.51. The lowest BCUT2D eigenvalue weighted by molar-refractivity contribution is 0.354. The first-order valence-electron chi connectivity index (χ1n) is 6.39. The van der Waals surface area contributed by atoms with E-state index in [1.54, 1.807) is 13.2 Å². The molecule has 0 aliphatic carbocycles. The molecular formula is C14H21FN2O. The van der Waals surface area contributed by atoms with Crippen molar-refractivity contribution in [3.63, 3.8) is 0 Å². The topological polar surface area (TPSA) is 38.5 Å². The number of halogens is 1. The summed E-state index contributed by atoms with van der Waals surface area (Å²) in [5.41, 5.74) is 6.64. The van der Waals surface area contributed by atoms with Crippen LogP contribution in [0.5, 0.6) is 5.75 Å². The lowest BCUT2D eigenvalue weighted by Gasteiger charge is -2.36. The van der Waals surface area contributed by atoms with Crippen LogP contribution in [0.15, 0.2) is 12.1 Å². The summed E-state index contributed by atoms with van der Waals surface area (Å²) in [6, 6.07) is 3.05. The van der Waals surface area contributed by atoms with Gasteiger partial charge in [-0.15, -0.1) is 0 Å². The number of nitrogen functional groups attached to an aromatic ring is 1. The Hall–Kier alpha value is -1.45. The van der Waals surface area contributed by atoms with E-state index in [2.05, 4.69) is 18.7 Å². The maximum Gasteiger partial charge on any atom is 0.148 e. The maximum atomic E-state index is 14.0. The van der Waals surface area contributed by atoms with Crippen LogP contribution in [0.3, 0.4) is 0 Å². The predicted octanol–water partition coefficient (Wildman–Crippen LogP) is 2.90. The fourth-order valence-electron chi connectivity index (χ4n) is 2.84. The van der Waals surface area contributed by atoms with Crippen LogP contribution in [0.1, 0.15) is 20.3 Å². The Labute approximate surface area is 108 Å². The van der Waals surface area contributed by atoms with Crippen molar-refractivity contribution in [1.29, 1.82) is 0 Å². The molecule has 3 nitrogen and oxygen atoms in total. The van der Waals surface area contributed by atoms with E-state index in [0.717, 1.165) is 13.1 Å². The molecule has 1 aliphatic rings. The number of benzene rings is 1. The van der Waals surface area contributed by atoms with Crippen molar-refractivity contribution in [2.75, 3.05) is 30.8 Å². The smallest absolute Gasteiger partial charge is 0.148 e. The molecule has 0 radical (unpaired) electrons. The summed E-state index contributed by atoms with van der Waals surface area (Å²) in [5.74, 6) is 1.43. The fraction of sp³-hybridized carbons (Fsp3) is 0.571. The minimum absolute atomic E-state index is 0.269. The molecule has 4 heteroatoms. The van der Waals surface area contributed by atoms with Gasteiger partial charge in [-0.05, 0) is 18.3 Å². The van der Waals surface area contributed by atoms with E-state index in [4.69, 9.17) is 10.5 Å². The maximum absolute atomic E-state index is 14.0. The molecule has 100 valence electrons. The highest BCUT2D eigenvalue weighted by molar-refractivity contribution is 5.63. The molecule has 1 heterocycles. The van der Waals surface area contributed by atoms with Crippen molar-refractivity contribution in [2.24, 2.45) is 11.8 Å². The normalized spacial score (nSPS) is 24.1. The quantitative estimate of drug-likeness (QED) is 0.822. The van der Waals surface area contributed by atoms with Crippen molar-refractivity contribution in [2.45, 2.75) is 20.3 Å². The summed E-state index contributed by atoms with van der Waals surface area (Å²) in [4.78, 5) is 2.09. The highest BCUT2D eigenvalue weighted by Gasteiger charge is 2.24. The first kappa shape index (κ1) is 13.0. The van der Waals surface area contributed by atoms with Gasteiger partial charge in [-0.2, -0.15) is 0 Å². The van der Waals surface area contributed by atoms with Crippen LogP contribution in [-0.2, 0) is 0 Å². The van der Waals surface area contributed by atoms with E-state index in [0.29, 0.717) is 29.0 Å². The predicted molar refractivity (Wildman–Crippen MR) is 72.5 cm³/mol. The third kappa shape index (κ3) is 2.52. The van der Waals surface area contributed by atoms with E-state index in [9.17, 15) is 4.39 Å². The first-order valence-corrected chi connectivity index (χ1v) is 6.39. The number of hydrogen-bond acceptors (Lipinski definition) is 3. The summed E-state index contributed by atoms with van der Waals surface area (Å²) < 4.78 is 19.2. The van der Waals surface area contributed by atoms with Crippen molar-refractivity contribution in [3.8, 4) is 5.75 Å². The Morgan fingerprint density at radius 1 is 1.28 bits per heavy atom. The summed E-state index contributed by atoms with van der Waals surface area (Å²) >= 11 is 0. The molecule has 1 aromatic carbocycles. The second kappa shape index (κ2) is 5.04. The Morgan fingerprint density at radius 3 is 2.44 bits per heavy atom. The van der Waals surface area contributed by atoms with Crippen molar-refractivity contribution in [3.05, 3.63) is 17.9 Å². The molecule has 0 aromatic heterocycles. The zero-order valence-electron chi connectivity index (χ0n) is 11.2. The number of nitrogens with zero attached hydrogens (tertiary/aromatic N) is 1. The van der Waals surface area contributed by atoms with E-state index >= 15 is 0 Å². The zero-order chi connectivity index (χ0) is 13.3. The van der Waals surface area contributed by atoms with Gasteiger partial charge in [0.05, 0.1) is 18.5 Å². The monoisotopic (exact) mass is 252 g/mol. The number of hydrogen-bond donors (Lipinski definition) is 1. The standard InChI is InChI=1S/C14H21FN2O/c1-9-4-10(2)8-17(7-9)13-6-14(18-3)12(16)5-11(13)15/h5-6,9-10H,4,7-8,16H2,1-3H3. The van der Waals surface area contributed by atoms with Crippen LogP contribution in [0.2, 0.25) is 0 Å². The van der Waals surface area contributed by atoms with Gasteiger partial charge in [-0.25, -0.2) is 4.39 Å². The van der Waals surface area contributed by atoms with Crippen molar-refractivity contribution >= 4 is 11.4 Å².